The Kier molecular flexibility index (Phi) is 4.56. The number of anilines is 2. The van der Waals surface area contributed by atoms with Crippen molar-refractivity contribution in [3.8, 4) is 0 Å². The van der Waals surface area contributed by atoms with Gasteiger partial charge in [-0.2, -0.15) is 0 Å². The Labute approximate surface area is 123 Å². The van der Waals surface area contributed by atoms with Crippen LogP contribution in [0.5, 0.6) is 0 Å². The maximum absolute atomic E-state index is 11.2. The lowest BCUT2D eigenvalue weighted by molar-refractivity contribution is -0.383. The van der Waals surface area contributed by atoms with Crippen molar-refractivity contribution >= 4 is 17.3 Å². The van der Waals surface area contributed by atoms with Gasteiger partial charge in [-0.3, -0.25) is 10.1 Å². The van der Waals surface area contributed by atoms with Crippen molar-refractivity contribution in [2.24, 2.45) is 5.92 Å². The van der Waals surface area contributed by atoms with Crippen LogP contribution < -0.4 is 10.6 Å². The predicted molar refractivity (Wildman–Crippen MR) is 79.3 cm³/mol. The zero-order valence-corrected chi connectivity index (χ0v) is 12.3. The van der Waals surface area contributed by atoms with E-state index in [-0.39, 0.29) is 23.9 Å². The molecular weight excluding hydrogens is 274 g/mol. The monoisotopic (exact) mass is 295 g/mol. The van der Waals surface area contributed by atoms with E-state index in [0.717, 1.165) is 12.8 Å². The lowest BCUT2D eigenvalue weighted by Gasteiger charge is -2.35. The fourth-order valence-corrected chi connectivity index (χ4v) is 2.91. The van der Waals surface area contributed by atoms with E-state index >= 15 is 0 Å². The lowest BCUT2D eigenvalue weighted by Crippen LogP contribution is -2.41. The summed E-state index contributed by atoms with van der Waals surface area (Å²) in [5.41, 5.74) is -1.04. The van der Waals surface area contributed by atoms with Gasteiger partial charge in [0.1, 0.15) is 6.33 Å². The van der Waals surface area contributed by atoms with E-state index in [0.29, 0.717) is 18.8 Å². The molecule has 1 aromatic rings. The van der Waals surface area contributed by atoms with Gasteiger partial charge < -0.3 is 15.7 Å². The summed E-state index contributed by atoms with van der Waals surface area (Å²) >= 11 is 0. The average Bonchev–Trinajstić information content (AvgIpc) is 2.44. The number of aliphatic hydroxyl groups is 1. The van der Waals surface area contributed by atoms with E-state index < -0.39 is 10.5 Å². The summed E-state index contributed by atoms with van der Waals surface area (Å²) in [6.07, 6.45) is 4.72. The van der Waals surface area contributed by atoms with E-state index in [9.17, 15) is 15.2 Å². The molecule has 1 aliphatic carbocycles. The number of aromatic nitrogens is 2. The average molecular weight is 295 g/mol. The van der Waals surface area contributed by atoms with Crippen LogP contribution in [-0.2, 0) is 0 Å². The fraction of sp³-hybridized carbons (Fsp3) is 0.692. The molecule has 0 aromatic carbocycles. The number of nitrogens with one attached hydrogen (secondary N) is 2. The smallest absolute Gasteiger partial charge is 0.353 e. The van der Waals surface area contributed by atoms with Gasteiger partial charge in [-0.25, -0.2) is 9.97 Å². The SMILES string of the molecule is CNc1ncnc(NCC2(O)CCCC(C)C2)c1[N+](=O)[O-]. The topological polar surface area (TPSA) is 113 Å². The Morgan fingerprint density at radius 2 is 2.24 bits per heavy atom. The third kappa shape index (κ3) is 3.57. The molecule has 0 amide bonds. The van der Waals surface area contributed by atoms with Crippen molar-refractivity contribution in [3.05, 3.63) is 16.4 Å². The Hall–Kier alpha value is -1.96. The summed E-state index contributed by atoms with van der Waals surface area (Å²) in [4.78, 5) is 18.4. The number of nitrogens with zero attached hydrogens (tertiary/aromatic N) is 3. The van der Waals surface area contributed by atoms with Gasteiger partial charge in [-0.05, 0) is 18.8 Å². The maximum atomic E-state index is 11.2. The first-order chi connectivity index (χ1) is 9.95. The fourth-order valence-electron chi connectivity index (χ4n) is 2.91. The van der Waals surface area contributed by atoms with Crippen LogP contribution in [0.2, 0.25) is 0 Å². The van der Waals surface area contributed by atoms with E-state index in [2.05, 4.69) is 27.5 Å². The third-order valence-electron chi connectivity index (χ3n) is 3.89. The largest absolute Gasteiger partial charge is 0.388 e. The highest BCUT2D eigenvalue weighted by Gasteiger charge is 2.33. The zero-order chi connectivity index (χ0) is 15.5. The first kappa shape index (κ1) is 15.4. The van der Waals surface area contributed by atoms with Crippen molar-refractivity contribution in [2.45, 2.75) is 38.2 Å². The molecule has 21 heavy (non-hydrogen) atoms. The molecule has 1 fully saturated rings. The van der Waals surface area contributed by atoms with Crippen molar-refractivity contribution in [3.63, 3.8) is 0 Å². The van der Waals surface area contributed by atoms with Gasteiger partial charge in [0, 0.05) is 13.6 Å². The van der Waals surface area contributed by atoms with Gasteiger partial charge in [0.2, 0.25) is 11.6 Å². The molecule has 2 unspecified atom stereocenters. The second kappa shape index (κ2) is 6.21. The van der Waals surface area contributed by atoms with Crippen molar-refractivity contribution < 1.29 is 10.0 Å². The van der Waals surface area contributed by atoms with Crippen LogP contribution in [0.1, 0.15) is 32.6 Å². The molecule has 8 heteroatoms. The molecule has 8 nitrogen and oxygen atoms in total. The minimum absolute atomic E-state index is 0.131. The van der Waals surface area contributed by atoms with E-state index in [1.807, 2.05) is 0 Å². The summed E-state index contributed by atoms with van der Waals surface area (Å²) in [6.45, 7) is 2.36. The van der Waals surface area contributed by atoms with E-state index in [1.165, 1.54) is 6.33 Å². The Morgan fingerprint density at radius 3 is 2.86 bits per heavy atom. The first-order valence-electron chi connectivity index (χ1n) is 7.08. The summed E-state index contributed by atoms with van der Waals surface area (Å²) < 4.78 is 0. The second-order valence-electron chi connectivity index (χ2n) is 5.71. The highest BCUT2D eigenvalue weighted by atomic mass is 16.6. The molecule has 116 valence electrons. The Morgan fingerprint density at radius 1 is 1.52 bits per heavy atom. The zero-order valence-electron chi connectivity index (χ0n) is 12.3. The standard InChI is InChI=1S/C13H21N5O3/c1-9-4-3-5-13(19,6-9)7-15-12-10(18(20)21)11(14-2)16-8-17-12/h8-9,19H,3-7H2,1-2H3,(H2,14,15,16,17). The minimum Gasteiger partial charge on any atom is -0.388 e. The molecule has 1 saturated carbocycles. The molecule has 1 aromatic heterocycles. The third-order valence-corrected chi connectivity index (χ3v) is 3.89. The quantitative estimate of drug-likeness (QED) is 0.560. The van der Waals surface area contributed by atoms with Crippen LogP contribution in [0, 0.1) is 16.0 Å². The van der Waals surface area contributed by atoms with Crippen molar-refractivity contribution in [1.82, 2.24) is 9.97 Å². The normalized spacial score (nSPS) is 25.4. The van der Waals surface area contributed by atoms with Crippen LogP contribution in [0.4, 0.5) is 17.3 Å². The van der Waals surface area contributed by atoms with Crippen molar-refractivity contribution in [2.75, 3.05) is 24.2 Å². The lowest BCUT2D eigenvalue weighted by atomic mass is 9.79. The predicted octanol–water partition coefficient (Wildman–Crippen LogP) is 1.78. The second-order valence-corrected chi connectivity index (χ2v) is 5.71. The molecule has 2 rings (SSSR count). The van der Waals surface area contributed by atoms with Gasteiger partial charge in [-0.1, -0.05) is 19.8 Å². The molecule has 0 aliphatic heterocycles. The van der Waals surface area contributed by atoms with Crippen LogP contribution in [0.3, 0.4) is 0 Å². The Bertz CT molecular complexity index is 525. The molecule has 2 atom stereocenters. The van der Waals surface area contributed by atoms with E-state index in [4.69, 9.17) is 0 Å². The van der Waals surface area contributed by atoms with Crippen molar-refractivity contribution in [1.29, 1.82) is 0 Å². The van der Waals surface area contributed by atoms with Gasteiger partial charge in [-0.15, -0.1) is 0 Å². The summed E-state index contributed by atoms with van der Waals surface area (Å²) in [6, 6.07) is 0. The first-order valence-corrected chi connectivity index (χ1v) is 7.08. The van der Waals surface area contributed by atoms with E-state index in [1.54, 1.807) is 7.05 Å². The molecule has 0 saturated heterocycles. The van der Waals surface area contributed by atoms with Gasteiger partial charge >= 0.3 is 5.69 Å². The number of nitro groups is 1. The molecule has 0 spiro atoms. The summed E-state index contributed by atoms with van der Waals surface area (Å²) in [5.74, 6) is 0.742. The Balaban J connectivity index is 2.14. The number of hydrogen-bond acceptors (Lipinski definition) is 7. The molecule has 1 aliphatic rings. The minimum atomic E-state index is -0.837. The van der Waals surface area contributed by atoms with Crippen LogP contribution in [0.25, 0.3) is 0 Å². The van der Waals surface area contributed by atoms with Crippen LogP contribution in [0.15, 0.2) is 6.33 Å². The molecule has 0 radical (unpaired) electrons. The number of rotatable bonds is 5. The van der Waals surface area contributed by atoms with Gasteiger partial charge in [0.15, 0.2) is 0 Å². The summed E-state index contributed by atoms with van der Waals surface area (Å²) in [5, 5.41) is 27.3. The molecular formula is C13H21N5O3. The molecule has 3 N–H and O–H groups in total. The van der Waals surface area contributed by atoms with Gasteiger partial charge in [0.05, 0.1) is 10.5 Å². The maximum Gasteiger partial charge on any atom is 0.353 e. The van der Waals surface area contributed by atoms with Gasteiger partial charge in [0.25, 0.3) is 0 Å². The molecule has 1 heterocycles. The van der Waals surface area contributed by atoms with Crippen LogP contribution >= 0.6 is 0 Å². The molecule has 0 bridgehead atoms. The highest BCUT2D eigenvalue weighted by molar-refractivity contribution is 5.69. The highest BCUT2D eigenvalue weighted by Crippen LogP contribution is 2.34. The summed E-state index contributed by atoms with van der Waals surface area (Å²) in [7, 11) is 1.56. The van der Waals surface area contributed by atoms with Crippen LogP contribution in [-0.4, -0.2) is 39.2 Å². The number of hydrogen-bond donors (Lipinski definition) is 3.